The van der Waals surface area contributed by atoms with Crippen LogP contribution in [0.3, 0.4) is 0 Å². The molecule has 0 saturated heterocycles. The first-order chi connectivity index (χ1) is 5.70. The molecule has 1 fully saturated rings. The van der Waals surface area contributed by atoms with E-state index in [1.165, 1.54) is 32.1 Å². The van der Waals surface area contributed by atoms with Crippen LogP contribution in [0.15, 0.2) is 0 Å². The Labute approximate surface area is 79.5 Å². The third-order valence-electron chi connectivity index (χ3n) is 2.80. The molecule has 70 valence electrons. The lowest BCUT2D eigenvalue weighted by atomic mass is 9.83. The van der Waals surface area contributed by atoms with Crippen LogP contribution in [0.4, 0.5) is 0 Å². The van der Waals surface area contributed by atoms with Crippen LogP contribution in [0, 0.1) is 11.8 Å². The van der Waals surface area contributed by atoms with E-state index in [0.29, 0.717) is 0 Å². The van der Waals surface area contributed by atoms with Crippen molar-refractivity contribution in [1.82, 2.24) is 0 Å². The summed E-state index contributed by atoms with van der Waals surface area (Å²) in [5.74, 6) is 0.825. The van der Waals surface area contributed by atoms with Gasteiger partial charge in [-0.1, -0.05) is 39.0 Å². The Hall–Kier alpha value is -0.0400. The first-order valence-corrected chi connectivity index (χ1v) is 5.27. The second-order valence-electron chi connectivity index (χ2n) is 3.94. The molecule has 0 bridgehead atoms. The quantitative estimate of drug-likeness (QED) is 0.621. The molecule has 2 heteroatoms. The van der Waals surface area contributed by atoms with Crippen molar-refractivity contribution in [3.63, 3.8) is 0 Å². The minimum Gasteiger partial charge on any atom is -0.281 e. The van der Waals surface area contributed by atoms with E-state index in [-0.39, 0.29) is 11.2 Å². The largest absolute Gasteiger partial charge is 0.281 e. The lowest BCUT2D eigenvalue weighted by Gasteiger charge is -2.22. The third kappa shape index (κ3) is 3.14. The molecule has 0 aromatic rings. The van der Waals surface area contributed by atoms with Crippen molar-refractivity contribution >= 4 is 16.8 Å². The van der Waals surface area contributed by atoms with Gasteiger partial charge in [0.1, 0.15) is 0 Å². The van der Waals surface area contributed by atoms with Crippen molar-refractivity contribution in [2.45, 2.75) is 45.4 Å². The summed E-state index contributed by atoms with van der Waals surface area (Å²) in [7, 11) is 0. The number of carbonyl (C=O) groups excluding carboxylic acids is 1. The fraction of sp³-hybridized carbons (Fsp3) is 0.900. The van der Waals surface area contributed by atoms with Gasteiger partial charge in [0, 0.05) is 5.92 Å². The highest BCUT2D eigenvalue weighted by Crippen LogP contribution is 2.29. The van der Waals surface area contributed by atoms with Crippen molar-refractivity contribution < 1.29 is 4.79 Å². The van der Waals surface area contributed by atoms with Crippen molar-refractivity contribution in [1.29, 1.82) is 0 Å². The lowest BCUT2D eigenvalue weighted by molar-refractivity contribution is -0.115. The van der Waals surface area contributed by atoms with E-state index >= 15 is 0 Å². The van der Waals surface area contributed by atoms with E-state index in [1.54, 1.807) is 0 Å². The van der Waals surface area contributed by atoms with Gasteiger partial charge in [-0.3, -0.25) is 4.79 Å². The van der Waals surface area contributed by atoms with Gasteiger partial charge in [-0.15, -0.1) is 0 Å². The standard InChI is InChI=1S/C10H17ClO/c1-8(10(11)12)7-9-5-3-2-4-6-9/h8-9H,2-7H2,1H3/t8-/m0/s1. The molecule has 1 nitrogen and oxygen atoms in total. The van der Waals surface area contributed by atoms with Gasteiger partial charge in [0.25, 0.3) is 0 Å². The van der Waals surface area contributed by atoms with Crippen molar-refractivity contribution in [3.8, 4) is 0 Å². The average molecular weight is 189 g/mol. The predicted molar refractivity (Wildman–Crippen MR) is 51.2 cm³/mol. The third-order valence-corrected chi connectivity index (χ3v) is 3.17. The zero-order valence-electron chi connectivity index (χ0n) is 7.68. The zero-order valence-corrected chi connectivity index (χ0v) is 8.44. The molecular weight excluding hydrogens is 172 g/mol. The second-order valence-corrected chi connectivity index (χ2v) is 4.32. The molecule has 0 heterocycles. The number of carbonyl (C=O) groups is 1. The lowest BCUT2D eigenvalue weighted by Crippen LogP contribution is -2.13. The summed E-state index contributed by atoms with van der Waals surface area (Å²) in [6.07, 6.45) is 7.66. The highest BCUT2D eigenvalue weighted by molar-refractivity contribution is 6.63. The Balaban J connectivity index is 2.24. The molecule has 0 unspecified atom stereocenters. The summed E-state index contributed by atoms with van der Waals surface area (Å²) >= 11 is 5.41. The van der Waals surface area contributed by atoms with E-state index in [9.17, 15) is 4.79 Å². The minimum atomic E-state index is -0.166. The molecule has 0 aromatic carbocycles. The average Bonchev–Trinajstić information content (AvgIpc) is 2.06. The molecular formula is C10H17ClO. The Morgan fingerprint density at radius 3 is 2.50 bits per heavy atom. The second kappa shape index (κ2) is 4.86. The first kappa shape index (κ1) is 10.0. The van der Waals surface area contributed by atoms with Crippen LogP contribution in [0.2, 0.25) is 0 Å². The molecule has 0 aromatic heterocycles. The molecule has 0 amide bonds. The summed E-state index contributed by atoms with van der Waals surface area (Å²) in [4.78, 5) is 10.8. The van der Waals surface area contributed by atoms with Crippen molar-refractivity contribution in [3.05, 3.63) is 0 Å². The monoisotopic (exact) mass is 188 g/mol. The molecule has 1 saturated carbocycles. The summed E-state index contributed by atoms with van der Waals surface area (Å²) in [5.41, 5.74) is 0. The minimum absolute atomic E-state index is 0.0646. The molecule has 1 aliphatic rings. The molecule has 12 heavy (non-hydrogen) atoms. The van der Waals surface area contributed by atoms with Gasteiger partial charge in [0.05, 0.1) is 0 Å². The van der Waals surface area contributed by atoms with Crippen LogP contribution in [0.5, 0.6) is 0 Å². The van der Waals surface area contributed by atoms with Crippen LogP contribution in [-0.4, -0.2) is 5.24 Å². The van der Waals surface area contributed by atoms with Gasteiger partial charge < -0.3 is 0 Å². The van der Waals surface area contributed by atoms with Crippen LogP contribution < -0.4 is 0 Å². The predicted octanol–water partition coefficient (Wildman–Crippen LogP) is 3.36. The number of halogens is 1. The van der Waals surface area contributed by atoms with Crippen molar-refractivity contribution in [2.24, 2.45) is 11.8 Å². The van der Waals surface area contributed by atoms with E-state index < -0.39 is 0 Å². The van der Waals surface area contributed by atoms with E-state index in [4.69, 9.17) is 11.6 Å². The van der Waals surface area contributed by atoms with Gasteiger partial charge in [0.15, 0.2) is 0 Å². The van der Waals surface area contributed by atoms with E-state index in [2.05, 4.69) is 0 Å². The van der Waals surface area contributed by atoms with Crippen LogP contribution >= 0.6 is 11.6 Å². The zero-order chi connectivity index (χ0) is 8.97. The number of hydrogen-bond donors (Lipinski definition) is 0. The molecule has 0 aliphatic heterocycles. The van der Waals surface area contributed by atoms with Gasteiger partial charge in [0.2, 0.25) is 5.24 Å². The molecule has 1 aliphatic carbocycles. The van der Waals surface area contributed by atoms with Gasteiger partial charge in [-0.2, -0.15) is 0 Å². The highest BCUT2D eigenvalue weighted by Gasteiger charge is 2.19. The number of rotatable bonds is 3. The molecule has 1 rings (SSSR count). The van der Waals surface area contributed by atoms with Gasteiger partial charge in [-0.05, 0) is 23.9 Å². The molecule has 1 atom stereocenters. The van der Waals surface area contributed by atoms with Crippen LogP contribution in [-0.2, 0) is 4.79 Å². The smallest absolute Gasteiger partial charge is 0.224 e. The normalized spacial score (nSPS) is 22.2. The van der Waals surface area contributed by atoms with E-state index in [0.717, 1.165) is 12.3 Å². The topological polar surface area (TPSA) is 17.1 Å². The molecule has 0 N–H and O–H groups in total. The maximum absolute atomic E-state index is 10.8. The van der Waals surface area contributed by atoms with E-state index in [1.807, 2.05) is 6.92 Å². The van der Waals surface area contributed by atoms with Crippen molar-refractivity contribution in [2.75, 3.05) is 0 Å². The maximum atomic E-state index is 10.8. The fourth-order valence-corrected chi connectivity index (χ4v) is 2.10. The summed E-state index contributed by atoms with van der Waals surface area (Å²) in [6.45, 7) is 1.93. The maximum Gasteiger partial charge on any atom is 0.224 e. The Morgan fingerprint density at radius 1 is 1.42 bits per heavy atom. The first-order valence-electron chi connectivity index (χ1n) is 4.89. The van der Waals surface area contributed by atoms with Crippen LogP contribution in [0.1, 0.15) is 45.4 Å². The summed E-state index contributed by atoms with van der Waals surface area (Å²) in [5, 5.41) is -0.166. The fourth-order valence-electron chi connectivity index (χ4n) is 2.02. The SMILES string of the molecule is C[C@@H](CC1CCCCC1)C(=O)Cl. The Morgan fingerprint density at radius 2 is 2.00 bits per heavy atom. The Kier molecular flexibility index (Phi) is 4.07. The molecule has 0 radical (unpaired) electrons. The van der Waals surface area contributed by atoms with Gasteiger partial charge in [-0.25, -0.2) is 0 Å². The Bertz CT molecular complexity index is 150. The molecule has 0 spiro atoms. The highest BCUT2D eigenvalue weighted by atomic mass is 35.5. The summed E-state index contributed by atoms with van der Waals surface area (Å²) < 4.78 is 0. The summed E-state index contributed by atoms with van der Waals surface area (Å²) in [6, 6.07) is 0. The number of hydrogen-bond acceptors (Lipinski definition) is 1. The van der Waals surface area contributed by atoms with Gasteiger partial charge >= 0.3 is 0 Å². The van der Waals surface area contributed by atoms with Crippen LogP contribution in [0.25, 0.3) is 0 Å².